The van der Waals surface area contributed by atoms with Crippen LogP contribution in [-0.4, -0.2) is 10.9 Å². The fourth-order valence-corrected chi connectivity index (χ4v) is 2.70. The Morgan fingerprint density at radius 1 is 1.32 bits per heavy atom. The molecule has 3 nitrogen and oxygen atoms in total. The van der Waals surface area contributed by atoms with Gasteiger partial charge in [0.1, 0.15) is 0 Å². The molecule has 0 saturated heterocycles. The smallest absolute Gasteiger partial charge is 0.322 e. The fourth-order valence-electron chi connectivity index (χ4n) is 1.77. The van der Waals surface area contributed by atoms with E-state index in [-0.39, 0.29) is 14.8 Å². The summed E-state index contributed by atoms with van der Waals surface area (Å²) in [5.74, 6) is -1.68. The Labute approximate surface area is 136 Å². The predicted octanol–water partition coefficient (Wildman–Crippen LogP) is 4.40. The quantitative estimate of drug-likeness (QED) is 0.574. The monoisotopic (exact) mass is 424 g/mol. The van der Waals surface area contributed by atoms with Crippen LogP contribution in [0.1, 0.15) is 21.5 Å². The zero-order valence-corrected chi connectivity index (χ0v) is 13.3. The maximum Gasteiger partial charge on any atom is 0.417 e. The van der Waals surface area contributed by atoms with Crippen molar-refractivity contribution in [1.82, 2.24) is 4.98 Å². The van der Waals surface area contributed by atoms with Crippen LogP contribution in [-0.2, 0) is 6.18 Å². The average Bonchev–Trinajstić information content (AvgIpc) is 2.40. The van der Waals surface area contributed by atoms with E-state index in [1.807, 2.05) is 0 Å². The topological polar surface area (TPSA) is 42.0 Å². The third-order valence-electron chi connectivity index (χ3n) is 2.88. The molecule has 0 aliphatic heterocycles. The Morgan fingerprint density at radius 2 is 2.00 bits per heavy atom. The molecular formula is C14H9F4IN2O. The van der Waals surface area contributed by atoms with Gasteiger partial charge < -0.3 is 5.32 Å². The van der Waals surface area contributed by atoms with Crippen molar-refractivity contribution in [2.75, 3.05) is 5.32 Å². The second-order valence-electron chi connectivity index (χ2n) is 4.45. The molecule has 1 aromatic heterocycles. The maximum absolute atomic E-state index is 13.5. The van der Waals surface area contributed by atoms with Crippen LogP contribution in [0.2, 0.25) is 0 Å². The molecule has 22 heavy (non-hydrogen) atoms. The summed E-state index contributed by atoms with van der Waals surface area (Å²) in [6.45, 7) is 1.56. The molecule has 1 aromatic carbocycles. The highest BCUT2D eigenvalue weighted by Gasteiger charge is 2.33. The van der Waals surface area contributed by atoms with Crippen molar-refractivity contribution in [3.63, 3.8) is 0 Å². The SMILES string of the molecule is Cc1cc(I)c(C(F)(F)F)cc1NC(=O)c1ccncc1F. The molecule has 2 rings (SSSR count). The molecule has 2 aromatic rings. The van der Waals surface area contributed by atoms with Crippen molar-refractivity contribution in [3.8, 4) is 0 Å². The molecule has 0 atom stereocenters. The minimum absolute atomic E-state index is 0.0195. The summed E-state index contributed by atoms with van der Waals surface area (Å²) in [6.07, 6.45) is -2.46. The van der Waals surface area contributed by atoms with Gasteiger partial charge in [-0.15, -0.1) is 0 Å². The molecule has 0 bridgehead atoms. The number of nitrogens with one attached hydrogen (secondary N) is 1. The summed E-state index contributed by atoms with van der Waals surface area (Å²) in [5, 5.41) is 2.30. The van der Waals surface area contributed by atoms with Crippen LogP contribution in [0.5, 0.6) is 0 Å². The number of alkyl halides is 3. The largest absolute Gasteiger partial charge is 0.417 e. The molecule has 0 fully saturated rings. The molecule has 1 amide bonds. The van der Waals surface area contributed by atoms with E-state index in [0.29, 0.717) is 5.56 Å². The van der Waals surface area contributed by atoms with E-state index in [1.165, 1.54) is 12.3 Å². The van der Waals surface area contributed by atoms with Gasteiger partial charge in [-0.1, -0.05) is 0 Å². The van der Waals surface area contributed by atoms with Crippen LogP contribution in [0.15, 0.2) is 30.6 Å². The summed E-state index contributed by atoms with van der Waals surface area (Å²) >= 11 is 1.58. The van der Waals surface area contributed by atoms with Crippen molar-refractivity contribution >= 4 is 34.2 Å². The first kappa shape index (κ1) is 16.7. The highest BCUT2D eigenvalue weighted by Crippen LogP contribution is 2.36. The number of carbonyl (C=O) groups is 1. The minimum atomic E-state index is -4.54. The molecule has 0 radical (unpaired) electrons. The van der Waals surface area contributed by atoms with Crippen LogP contribution >= 0.6 is 22.6 Å². The van der Waals surface area contributed by atoms with E-state index in [0.717, 1.165) is 18.3 Å². The van der Waals surface area contributed by atoms with Gasteiger partial charge in [0, 0.05) is 15.5 Å². The van der Waals surface area contributed by atoms with E-state index in [2.05, 4.69) is 10.3 Å². The Hall–Kier alpha value is -1.71. The van der Waals surface area contributed by atoms with Gasteiger partial charge >= 0.3 is 6.18 Å². The van der Waals surface area contributed by atoms with Crippen LogP contribution < -0.4 is 5.32 Å². The van der Waals surface area contributed by atoms with E-state index in [1.54, 1.807) is 29.5 Å². The number of halogens is 5. The molecule has 116 valence electrons. The lowest BCUT2D eigenvalue weighted by molar-refractivity contribution is -0.138. The Morgan fingerprint density at radius 3 is 2.59 bits per heavy atom. The van der Waals surface area contributed by atoms with Gasteiger partial charge in [0.05, 0.1) is 17.3 Å². The number of anilines is 1. The van der Waals surface area contributed by atoms with Crippen LogP contribution in [0, 0.1) is 16.3 Å². The number of carbonyl (C=O) groups excluding carboxylic acids is 1. The normalized spacial score (nSPS) is 11.4. The Bertz CT molecular complexity index is 731. The highest BCUT2D eigenvalue weighted by atomic mass is 127. The van der Waals surface area contributed by atoms with Crippen LogP contribution in [0.4, 0.5) is 23.2 Å². The summed E-state index contributed by atoms with van der Waals surface area (Å²) in [6, 6.07) is 3.30. The number of hydrogen-bond acceptors (Lipinski definition) is 2. The van der Waals surface area contributed by atoms with Crippen molar-refractivity contribution < 1.29 is 22.4 Å². The highest BCUT2D eigenvalue weighted by molar-refractivity contribution is 14.1. The fraction of sp³-hybridized carbons (Fsp3) is 0.143. The second kappa shape index (κ2) is 6.19. The van der Waals surface area contributed by atoms with Crippen molar-refractivity contribution in [2.45, 2.75) is 13.1 Å². The molecule has 0 saturated carbocycles. The van der Waals surface area contributed by atoms with Crippen molar-refractivity contribution in [1.29, 1.82) is 0 Å². The first-order valence-corrected chi connectivity index (χ1v) is 7.06. The van der Waals surface area contributed by atoms with Crippen LogP contribution in [0.25, 0.3) is 0 Å². The number of aryl methyl sites for hydroxylation is 1. The summed E-state index contributed by atoms with van der Waals surface area (Å²) in [4.78, 5) is 15.5. The van der Waals surface area contributed by atoms with Gasteiger partial charge in [-0.05, 0) is 53.3 Å². The molecular weight excluding hydrogens is 415 g/mol. The first-order chi connectivity index (χ1) is 10.2. The lowest BCUT2D eigenvalue weighted by atomic mass is 10.1. The number of nitrogens with zero attached hydrogens (tertiary/aromatic N) is 1. The molecule has 1 N–H and O–H groups in total. The van der Waals surface area contributed by atoms with Gasteiger partial charge in [-0.3, -0.25) is 9.78 Å². The molecule has 0 aliphatic rings. The van der Waals surface area contributed by atoms with E-state index >= 15 is 0 Å². The maximum atomic E-state index is 13.5. The zero-order valence-electron chi connectivity index (χ0n) is 11.1. The standard InChI is InChI=1S/C14H9F4IN2O/c1-7-4-11(19)9(14(16,17)18)5-12(7)21-13(22)8-2-3-20-6-10(8)15/h2-6H,1H3,(H,21,22). The number of aromatic nitrogens is 1. The second-order valence-corrected chi connectivity index (χ2v) is 5.62. The summed E-state index contributed by atoms with van der Waals surface area (Å²) in [7, 11) is 0. The van der Waals surface area contributed by atoms with Gasteiger partial charge in [0.2, 0.25) is 0 Å². The van der Waals surface area contributed by atoms with E-state index in [4.69, 9.17) is 0 Å². The zero-order chi connectivity index (χ0) is 16.5. The molecule has 0 aliphatic carbocycles. The lowest BCUT2D eigenvalue weighted by Crippen LogP contribution is -2.16. The Kier molecular flexibility index (Phi) is 4.69. The number of hydrogen-bond donors (Lipinski definition) is 1. The van der Waals surface area contributed by atoms with Gasteiger partial charge in [-0.2, -0.15) is 13.2 Å². The number of rotatable bonds is 2. The van der Waals surface area contributed by atoms with Crippen molar-refractivity contribution in [3.05, 3.63) is 56.7 Å². The van der Waals surface area contributed by atoms with E-state index in [9.17, 15) is 22.4 Å². The number of pyridine rings is 1. The summed E-state index contributed by atoms with van der Waals surface area (Å²) in [5.41, 5.74) is -0.722. The first-order valence-electron chi connectivity index (χ1n) is 5.98. The lowest BCUT2D eigenvalue weighted by Gasteiger charge is -2.14. The van der Waals surface area contributed by atoms with Gasteiger partial charge in [-0.25, -0.2) is 4.39 Å². The third-order valence-corrected chi connectivity index (χ3v) is 3.78. The predicted molar refractivity (Wildman–Crippen MR) is 81.0 cm³/mol. The molecule has 8 heteroatoms. The van der Waals surface area contributed by atoms with E-state index < -0.39 is 23.5 Å². The molecule has 0 unspecified atom stereocenters. The molecule has 0 spiro atoms. The van der Waals surface area contributed by atoms with Gasteiger partial charge in [0.15, 0.2) is 5.82 Å². The van der Waals surface area contributed by atoms with Gasteiger partial charge in [0.25, 0.3) is 5.91 Å². The molecule has 1 heterocycles. The van der Waals surface area contributed by atoms with Crippen molar-refractivity contribution in [2.24, 2.45) is 0 Å². The minimum Gasteiger partial charge on any atom is -0.322 e. The summed E-state index contributed by atoms with van der Waals surface area (Å²) < 4.78 is 52.2. The third kappa shape index (κ3) is 3.54. The Balaban J connectivity index is 2.38. The average molecular weight is 424 g/mol. The number of amides is 1. The van der Waals surface area contributed by atoms with Crippen LogP contribution in [0.3, 0.4) is 0 Å². The number of benzene rings is 1.